The highest BCUT2D eigenvalue weighted by Gasteiger charge is 2.36. The number of rotatable bonds is 7. The van der Waals surface area contributed by atoms with Gasteiger partial charge in [0.05, 0.1) is 0 Å². The van der Waals surface area contributed by atoms with Gasteiger partial charge in [-0.1, -0.05) is 91.2 Å². The third kappa shape index (κ3) is 4.82. The molecular weight excluding hydrogens is 382 g/mol. The van der Waals surface area contributed by atoms with Crippen molar-refractivity contribution in [1.82, 2.24) is 5.32 Å². The highest BCUT2D eigenvalue weighted by Crippen LogP contribution is 2.41. The maximum absolute atomic E-state index is 13.1. The van der Waals surface area contributed by atoms with Gasteiger partial charge in [-0.05, 0) is 37.0 Å². The van der Waals surface area contributed by atoms with Crippen LogP contribution >= 0.6 is 0 Å². The number of hydrogen-bond donors (Lipinski definition) is 2. The Morgan fingerprint density at radius 2 is 1.61 bits per heavy atom. The molecule has 0 heterocycles. The number of phenolic OH excluding ortho intramolecular Hbond substituents is 1. The van der Waals surface area contributed by atoms with Gasteiger partial charge < -0.3 is 10.4 Å². The van der Waals surface area contributed by atoms with Crippen LogP contribution in [0.15, 0.2) is 78.9 Å². The largest absolute Gasteiger partial charge is 0.508 e. The molecule has 3 nitrogen and oxygen atoms in total. The van der Waals surface area contributed by atoms with Crippen LogP contribution < -0.4 is 5.32 Å². The number of aromatic hydroxyl groups is 1. The molecule has 3 aromatic rings. The van der Waals surface area contributed by atoms with E-state index in [9.17, 15) is 9.90 Å². The summed E-state index contributed by atoms with van der Waals surface area (Å²) in [6.07, 6.45) is 4.94. The molecule has 4 rings (SSSR count). The lowest BCUT2D eigenvalue weighted by molar-refractivity contribution is -0.121. The Morgan fingerprint density at radius 1 is 0.968 bits per heavy atom. The Morgan fingerprint density at radius 3 is 2.29 bits per heavy atom. The molecule has 0 spiro atoms. The van der Waals surface area contributed by atoms with Gasteiger partial charge in [0, 0.05) is 29.9 Å². The van der Waals surface area contributed by atoms with E-state index in [1.165, 1.54) is 18.4 Å². The van der Waals surface area contributed by atoms with Crippen LogP contribution in [0.25, 0.3) is 0 Å². The smallest absolute Gasteiger partial charge is 0.220 e. The number of amides is 1. The van der Waals surface area contributed by atoms with Crippen LogP contribution in [0.5, 0.6) is 5.75 Å². The van der Waals surface area contributed by atoms with Crippen molar-refractivity contribution in [3.63, 3.8) is 0 Å². The molecule has 1 atom stereocenters. The fourth-order valence-electron chi connectivity index (χ4n) is 4.98. The first kappa shape index (κ1) is 21.2. The normalized spacial score (nSPS) is 16.0. The van der Waals surface area contributed by atoms with Crippen molar-refractivity contribution in [2.75, 3.05) is 6.54 Å². The van der Waals surface area contributed by atoms with Crippen LogP contribution in [-0.4, -0.2) is 17.6 Å². The Balaban J connectivity index is 1.53. The summed E-state index contributed by atoms with van der Waals surface area (Å²) in [5, 5.41) is 13.8. The summed E-state index contributed by atoms with van der Waals surface area (Å²) in [5.74, 6) is 0.0816. The Bertz CT molecular complexity index is 1010. The summed E-state index contributed by atoms with van der Waals surface area (Å²) in [6, 6.07) is 26.2. The molecule has 3 heteroatoms. The molecular formula is C28H31NO2. The SMILES string of the molecule is Cc1ccc(O)c(C(CC(=O)NCC2(c3ccccc3)CCCC2)c2ccccc2)c1. The maximum atomic E-state index is 13.1. The predicted molar refractivity (Wildman–Crippen MR) is 125 cm³/mol. The molecule has 0 aliphatic heterocycles. The lowest BCUT2D eigenvalue weighted by Gasteiger charge is -2.30. The zero-order valence-electron chi connectivity index (χ0n) is 18.2. The minimum atomic E-state index is -0.183. The van der Waals surface area contributed by atoms with Crippen LogP contribution in [0, 0.1) is 6.92 Å². The van der Waals surface area contributed by atoms with E-state index in [1.54, 1.807) is 6.07 Å². The number of carbonyl (C=O) groups excluding carboxylic acids is 1. The molecule has 1 unspecified atom stereocenters. The molecule has 0 bridgehead atoms. The number of nitrogens with one attached hydrogen (secondary N) is 1. The predicted octanol–water partition coefficient (Wildman–Crippen LogP) is 5.85. The second kappa shape index (κ2) is 9.38. The van der Waals surface area contributed by atoms with Gasteiger partial charge in [-0.25, -0.2) is 0 Å². The molecule has 1 aliphatic rings. The molecule has 2 N–H and O–H groups in total. The van der Waals surface area contributed by atoms with Gasteiger partial charge in [-0.2, -0.15) is 0 Å². The van der Waals surface area contributed by atoms with Gasteiger partial charge in [0.1, 0.15) is 5.75 Å². The van der Waals surface area contributed by atoms with Crippen LogP contribution in [0.2, 0.25) is 0 Å². The zero-order chi connectivity index (χ0) is 21.7. The Hall–Kier alpha value is -3.07. The van der Waals surface area contributed by atoms with Crippen molar-refractivity contribution < 1.29 is 9.90 Å². The number of hydrogen-bond acceptors (Lipinski definition) is 2. The first-order valence-corrected chi connectivity index (χ1v) is 11.2. The molecule has 1 aliphatic carbocycles. The molecule has 31 heavy (non-hydrogen) atoms. The molecule has 0 radical (unpaired) electrons. The van der Waals surface area contributed by atoms with Crippen molar-refractivity contribution in [3.8, 4) is 5.75 Å². The van der Waals surface area contributed by atoms with E-state index >= 15 is 0 Å². The van der Waals surface area contributed by atoms with Crippen LogP contribution in [0.4, 0.5) is 0 Å². The van der Waals surface area contributed by atoms with Crippen molar-refractivity contribution in [2.24, 2.45) is 0 Å². The van der Waals surface area contributed by atoms with E-state index in [4.69, 9.17) is 0 Å². The fraction of sp³-hybridized carbons (Fsp3) is 0.321. The third-order valence-corrected chi connectivity index (χ3v) is 6.72. The second-order valence-corrected chi connectivity index (χ2v) is 8.86. The van der Waals surface area contributed by atoms with Gasteiger partial charge in [0.2, 0.25) is 5.91 Å². The fourth-order valence-corrected chi connectivity index (χ4v) is 4.98. The first-order valence-electron chi connectivity index (χ1n) is 11.2. The maximum Gasteiger partial charge on any atom is 0.220 e. The van der Waals surface area contributed by atoms with E-state index in [2.05, 4.69) is 29.6 Å². The minimum Gasteiger partial charge on any atom is -0.508 e. The summed E-state index contributed by atoms with van der Waals surface area (Å²) in [6.45, 7) is 2.67. The van der Waals surface area contributed by atoms with Crippen molar-refractivity contribution in [1.29, 1.82) is 0 Å². The molecule has 1 fully saturated rings. The first-order chi connectivity index (χ1) is 15.1. The van der Waals surface area contributed by atoms with Crippen LogP contribution in [0.1, 0.15) is 60.3 Å². The summed E-state index contributed by atoms with van der Waals surface area (Å²) < 4.78 is 0. The van der Waals surface area contributed by atoms with Gasteiger partial charge in [0.15, 0.2) is 0 Å². The Kier molecular flexibility index (Phi) is 6.41. The molecule has 160 valence electrons. The number of carbonyl (C=O) groups is 1. The quantitative estimate of drug-likeness (QED) is 0.510. The van der Waals surface area contributed by atoms with Crippen LogP contribution in [0.3, 0.4) is 0 Å². The van der Waals surface area contributed by atoms with Crippen molar-refractivity contribution >= 4 is 5.91 Å². The van der Waals surface area contributed by atoms with E-state index in [0.717, 1.165) is 29.5 Å². The summed E-state index contributed by atoms with van der Waals surface area (Å²) in [4.78, 5) is 13.1. The standard InChI is InChI=1S/C28H31NO2/c1-21-14-15-26(30)25(18-21)24(22-10-4-2-5-11-22)19-27(31)29-20-28(16-8-9-17-28)23-12-6-3-7-13-23/h2-7,10-15,18,24,30H,8-9,16-17,19-20H2,1H3,(H,29,31). The topological polar surface area (TPSA) is 49.3 Å². The average molecular weight is 414 g/mol. The monoisotopic (exact) mass is 413 g/mol. The summed E-state index contributed by atoms with van der Waals surface area (Å²) in [7, 11) is 0. The number of benzene rings is 3. The van der Waals surface area contributed by atoms with Crippen molar-refractivity contribution in [2.45, 2.75) is 50.4 Å². The number of phenols is 1. The third-order valence-electron chi connectivity index (χ3n) is 6.72. The average Bonchev–Trinajstić information content (AvgIpc) is 3.29. The lowest BCUT2D eigenvalue weighted by Crippen LogP contribution is -2.39. The lowest BCUT2D eigenvalue weighted by atomic mass is 9.78. The van der Waals surface area contributed by atoms with Gasteiger partial charge >= 0.3 is 0 Å². The molecule has 3 aromatic carbocycles. The van der Waals surface area contributed by atoms with E-state index in [0.29, 0.717) is 13.0 Å². The summed E-state index contributed by atoms with van der Waals surface area (Å²) >= 11 is 0. The molecule has 1 saturated carbocycles. The molecule has 1 amide bonds. The second-order valence-electron chi connectivity index (χ2n) is 8.86. The Labute approximate surface area is 185 Å². The molecule has 0 saturated heterocycles. The van der Waals surface area contributed by atoms with E-state index in [-0.39, 0.29) is 23.0 Å². The van der Waals surface area contributed by atoms with Gasteiger partial charge in [0.25, 0.3) is 0 Å². The van der Waals surface area contributed by atoms with Crippen LogP contribution in [-0.2, 0) is 10.2 Å². The molecule has 0 aromatic heterocycles. The highest BCUT2D eigenvalue weighted by atomic mass is 16.3. The van der Waals surface area contributed by atoms with E-state index in [1.807, 2.05) is 55.5 Å². The summed E-state index contributed by atoms with van der Waals surface area (Å²) in [5.41, 5.74) is 4.27. The van der Waals surface area contributed by atoms with Crippen molar-refractivity contribution in [3.05, 3.63) is 101 Å². The zero-order valence-corrected chi connectivity index (χ0v) is 18.2. The minimum absolute atomic E-state index is 0.0250. The number of aryl methyl sites for hydroxylation is 1. The van der Waals surface area contributed by atoms with Gasteiger partial charge in [-0.3, -0.25) is 4.79 Å². The highest BCUT2D eigenvalue weighted by molar-refractivity contribution is 5.78. The van der Waals surface area contributed by atoms with E-state index < -0.39 is 0 Å². The van der Waals surface area contributed by atoms with Gasteiger partial charge in [-0.15, -0.1) is 0 Å².